The van der Waals surface area contributed by atoms with E-state index in [-0.39, 0.29) is 11.3 Å². The summed E-state index contributed by atoms with van der Waals surface area (Å²) in [6.45, 7) is 0. The van der Waals surface area contributed by atoms with Gasteiger partial charge in [0, 0.05) is 0 Å². The van der Waals surface area contributed by atoms with Gasteiger partial charge in [0.25, 0.3) is 10.1 Å². The van der Waals surface area contributed by atoms with Crippen LogP contribution in [0.3, 0.4) is 0 Å². The molecule has 94 valence electrons. The number of hydrogen-bond donors (Lipinski definition) is 2. The fourth-order valence-corrected chi connectivity index (χ4v) is 2.23. The second-order valence-corrected chi connectivity index (χ2v) is 5.31. The highest BCUT2D eigenvalue weighted by Gasteiger charge is 2.10. The van der Waals surface area contributed by atoms with E-state index >= 15 is 0 Å². The molecule has 0 radical (unpaired) electrons. The second kappa shape index (κ2) is 4.40. The van der Waals surface area contributed by atoms with Gasteiger partial charge in [-0.05, 0) is 28.5 Å². The van der Waals surface area contributed by atoms with E-state index in [0.717, 1.165) is 5.39 Å². The van der Waals surface area contributed by atoms with E-state index in [1.54, 1.807) is 18.2 Å². The van der Waals surface area contributed by atoms with Gasteiger partial charge in [0.05, 0.1) is 11.3 Å². The largest absolute Gasteiger partial charge is 0.481 e. The van der Waals surface area contributed by atoms with Gasteiger partial charge in [0.2, 0.25) is 0 Å². The molecular weight excluding hydrogens is 256 g/mol. The van der Waals surface area contributed by atoms with Crippen molar-refractivity contribution in [2.45, 2.75) is 11.3 Å². The molecule has 2 rings (SSSR count). The van der Waals surface area contributed by atoms with Crippen molar-refractivity contribution < 1.29 is 22.9 Å². The van der Waals surface area contributed by atoms with Crippen molar-refractivity contribution >= 4 is 26.9 Å². The molecule has 0 aromatic heterocycles. The molecule has 0 fully saturated rings. The zero-order chi connectivity index (χ0) is 13.3. The van der Waals surface area contributed by atoms with Crippen molar-refractivity contribution in [2.75, 3.05) is 0 Å². The summed E-state index contributed by atoms with van der Waals surface area (Å²) in [5.41, 5.74) is 0.634. The van der Waals surface area contributed by atoms with Gasteiger partial charge in [-0.15, -0.1) is 0 Å². The number of rotatable bonds is 3. The van der Waals surface area contributed by atoms with Crippen LogP contribution in [0, 0.1) is 0 Å². The van der Waals surface area contributed by atoms with Crippen LogP contribution in [-0.2, 0) is 21.3 Å². The van der Waals surface area contributed by atoms with Gasteiger partial charge in [0.1, 0.15) is 0 Å². The van der Waals surface area contributed by atoms with Gasteiger partial charge in [-0.3, -0.25) is 9.35 Å². The first-order valence-electron chi connectivity index (χ1n) is 5.08. The zero-order valence-corrected chi connectivity index (χ0v) is 10.0. The average molecular weight is 266 g/mol. The molecule has 0 spiro atoms. The molecule has 0 aliphatic rings. The van der Waals surface area contributed by atoms with E-state index in [9.17, 15) is 13.2 Å². The summed E-state index contributed by atoms with van der Waals surface area (Å²) in [6.07, 6.45) is -0.0873. The van der Waals surface area contributed by atoms with E-state index in [1.807, 2.05) is 0 Å². The van der Waals surface area contributed by atoms with Crippen LogP contribution in [0.15, 0.2) is 41.3 Å². The molecule has 2 aromatic rings. The Morgan fingerprint density at radius 1 is 1.06 bits per heavy atom. The van der Waals surface area contributed by atoms with Crippen LogP contribution in [-0.4, -0.2) is 24.0 Å². The minimum atomic E-state index is -4.22. The Kier molecular flexibility index (Phi) is 3.06. The fourth-order valence-electron chi connectivity index (χ4n) is 1.72. The second-order valence-electron chi connectivity index (χ2n) is 3.89. The molecule has 2 aromatic carbocycles. The molecule has 6 heteroatoms. The van der Waals surface area contributed by atoms with Crippen molar-refractivity contribution in [1.29, 1.82) is 0 Å². The lowest BCUT2D eigenvalue weighted by atomic mass is 10.1. The molecule has 0 aliphatic carbocycles. The maximum atomic E-state index is 11.0. The Morgan fingerprint density at radius 3 is 2.28 bits per heavy atom. The third-order valence-corrected chi connectivity index (χ3v) is 3.38. The third kappa shape index (κ3) is 2.66. The number of carboxylic acid groups (broad SMARTS) is 1. The molecule has 0 amide bonds. The summed E-state index contributed by atoms with van der Waals surface area (Å²) < 4.78 is 30.9. The summed E-state index contributed by atoms with van der Waals surface area (Å²) in [5.74, 6) is -0.927. The number of carboxylic acids is 1. The highest BCUT2D eigenvalue weighted by atomic mass is 32.2. The van der Waals surface area contributed by atoms with E-state index in [2.05, 4.69) is 0 Å². The molecule has 0 bridgehead atoms. The molecule has 0 atom stereocenters. The Morgan fingerprint density at radius 2 is 1.67 bits per heavy atom. The molecule has 0 unspecified atom stereocenters. The summed E-state index contributed by atoms with van der Waals surface area (Å²) >= 11 is 0. The lowest BCUT2D eigenvalue weighted by Crippen LogP contribution is -2.00. The minimum absolute atomic E-state index is 0.0873. The van der Waals surface area contributed by atoms with Crippen LogP contribution in [0.25, 0.3) is 10.8 Å². The van der Waals surface area contributed by atoms with E-state index in [0.29, 0.717) is 10.9 Å². The predicted octanol–water partition coefficient (Wildman–Crippen LogP) is 1.71. The van der Waals surface area contributed by atoms with Crippen molar-refractivity contribution in [3.05, 3.63) is 42.0 Å². The van der Waals surface area contributed by atoms with E-state index < -0.39 is 16.1 Å². The van der Waals surface area contributed by atoms with E-state index in [1.165, 1.54) is 18.2 Å². The molecular formula is C12H10O5S. The molecule has 0 saturated carbocycles. The molecule has 0 saturated heterocycles. The maximum Gasteiger partial charge on any atom is 0.307 e. The first-order valence-corrected chi connectivity index (χ1v) is 6.52. The fraction of sp³-hybridized carbons (Fsp3) is 0.0833. The van der Waals surface area contributed by atoms with Crippen molar-refractivity contribution in [2.24, 2.45) is 0 Å². The standard InChI is InChI=1S/C12H10O5S/c13-12(14)6-8-1-2-10-7-11(18(15,16)17)4-3-9(10)5-8/h1-5,7H,6H2,(H,13,14)(H,15,16,17). The maximum absolute atomic E-state index is 11.0. The quantitative estimate of drug-likeness (QED) is 0.825. The lowest BCUT2D eigenvalue weighted by Gasteiger charge is -2.03. The number of aliphatic carboxylic acids is 1. The number of fused-ring (bicyclic) bond motifs is 1. The van der Waals surface area contributed by atoms with E-state index in [4.69, 9.17) is 9.66 Å². The molecule has 0 aliphatic heterocycles. The number of benzene rings is 2. The summed E-state index contributed by atoms with van der Waals surface area (Å²) in [7, 11) is -4.22. The molecule has 2 N–H and O–H groups in total. The Bertz CT molecular complexity index is 718. The number of carbonyl (C=O) groups is 1. The monoisotopic (exact) mass is 266 g/mol. The highest BCUT2D eigenvalue weighted by molar-refractivity contribution is 7.85. The third-order valence-electron chi connectivity index (χ3n) is 2.53. The number of hydrogen-bond acceptors (Lipinski definition) is 3. The van der Waals surface area contributed by atoms with Crippen LogP contribution in [0.4, 0.5) is 0 Å². The van der Waals surface area contributed by atoms with Crippen molar-refractivity contribution in [1.82, 2.24) is 0 Å². The predicted molar refractivity (Wildman–Crippen MR) is 65.1 cm³/mol. The van der Waals surface area contributed by atoms with Gasteiger partial charge < -0.3 is 5.11 Å². The lowest BCUT2D eigenvalue weighted by molar-refractivity contribution is -0.136. The Hall–Kier alpha value is -1.92. The van der Waals surface area contributed by atoms with Gasteiger partial charge in [0.15, 0.2) is 0 Å². The van der Waals surface area contributed by atoms with Crippen LogP contribution < -0.4 is 0 Å². The van der Waals surface area contributed by atoms with Gasteiger partial charge in [-0.1, -0.05) is 24.3 Å². The van der Waals surface area contributed by atoms with Crippen molar-refractivity contribution in [3.63, 3.8) is 0 Å². The first kappa shape index (κ1) is 12.5. The highest BCUT2D eigenvalue weighted by Crippen LogP contribution is 2.20. The first-order chi connectivity index (χ1) is 8.36. The minimum Gasteiger partial charge on any atom is -0.481 e. The van der Waals surface area contributed by atoms with Crippen LogP contribution >= 0.6 is 0 Å². The average Bonchev–Trinajstić information content (AvgIpc) is 2.26. The van der Waals surface area contributed by atoms with Crippen molar-refractivity contribution in [3.8, 4) is 0 Å². The summed E-state index contributed by atoms with van der Waals surface area (Å²) in [6, 6.07) is 9.07. The zero-order valence-electron chi connectivity index (χ0n) is 9.20. The Labute approximate surface area is 103 Å². The van der Waals surface area contributed by atoms with Gasteiger partial charge in [-0.25, -0.2) is 0 Å². The van der Waals surface area contributed by atoms with Gasteiger partial charge >= 0.3 is 5.97 Å². The normalized spacial score (nSPS) is 11.6. The van der Waals surface area contributed by atoms with Crippen LogP contribution in [0.2, 0.25) is 0 Å². The molecule has 0 heterocycles. The van der Waals surface area contributed by atoms with Crippen LogP contribution in [0.1, 0.15) is 5.56 Å². The topological polar surface area (TPSA) is 91.7 Å². The molecule has 18 heavy (non-hydrogen) atoms. The molecule has 5 nitrogen and oxygen atoms in total. The SMILES string of the molecule is O=C(O)Cc1ccc2cc(S(=O)(=O)O)ccc2c1. The summed E-state index contributed by atoms with van der Waals surface area (Å²) in [4.78, 5) is 10.4. The summed E-state index contributed by atoms with van der Waals surface area (Å²) in [5, 5.41) is 10.0. The smallest absolute Gasteiger partial charge is 0.307 e. The van der Waals surface area contributed by atoms with Gasteiger partial charge in [-0.2, -0.15) is 8.42 Å². The Balaban J connectivity index is 2.52. The van der Waals surface area contributed by atoms with Crippen LogP contribution in [0.5, 0.6) is 0 Å².